The average Bonchev–Trinajstić information content (AvgIpc) is 2.24. The van der Waals surface area contributed by atoms with Gasteiger partial charge in [-0.2, -0.15) is 0 Å². The predicted octanol–water partition coefficient (Wildman–Crippen LogP) is 0.887. The van der Waals surface area contributed by atoms with Crippen LogP contribution in [-0.4, -0.2) is 31.0 Å². The number of allylic oxidation sites excluding steroid dienone is 1. The van der Waals surface area contributed by atoms with Crippen LogP contribution >= 0.6 is 0 Å². The minimum atomic E-state index is -1.10. The maximum atomic E-state index is 13.2. The fourth-order valence-electron chi connectivity index (χ4n) is 1.13. The fraction of sp³-hybridized carbons (Fsp3) is 0.636. The molecule has 0 aliphatic carbocycles. The van der Waals surface area contributed by atoms with Gasteiger partial charge in [0, 0.05) is 0 Å². The number of ether oxygens (including phenoxy) is 1. The molecule has 0 aliphatic rings. The van der Waals surface area contributed by atoms with Gasteiger partial charge in [0.15, 0.2) is 0 Å². The number of methoxy groups -OCH3 is 1. The van der Waals surface area contributed by atoms with E-state index >= 15 is 0 Å². The molecule has 0 saturated carbocycles. The van der Waals surface area contributed by atoms with Gasteiger partial charge < -0.3 is 16.2 Å². The molecule has 0 fully saturated rings. The van der Waals surface area contributed by atoms with Crippen molar-refractivity contribution in [1.29, 1.82) is 0 Å². The van der Waals surface area contributed by atoms with Crippen molar-refractivity contribution >= 4 is 11.8 Å². The van der Waals surface area contributed by atoms with Crippen LogP contribution in [0.3, 0.4) is 0 Å². The van der Waals surface area contributed by atoms with E-state index in [4.69, 9.17) is 11.5 Å². The molecular formula is C11H20FN3O2. The molecule has 4 N–H and O–H groups in total. The van der Waals surface area contributed by atoms with Crippen molar-refractivity contribution in [2.45, 2.75) is 32.2 Å². The van der Waals surface area contributed by atoms with Crippen LogP contribution in [0.15, 0.2) is 16.9 Å². The number of halogens is 1. The number of amidine groups is 1. The zero-order chi connectivity index (χ0) is 13.5. The second-order valence-corrected chi connectivity index (χ2v) is 4.06. The molecule has 0 saturated heterocycles. The Morgan fingerprint density at radius 2 is 2.18 bits per heavy atom. The molecule has 5 nitrogen and oxygen atoms in total. The van der Waals surface area contributed by atoms with Crippen LogP contribution in [0.1, 0.15) is 26.7 Å². The third-order valence-electron chi connectivity index (χ3n) is 2.16. The Morgan fingerprint density at radius 3 is 2.65 bits per heavy atom. The van der Waals surface area contributed by atoms with E-state index in [1.165, 1.54) is 13.2 Å². The van der Waals surface area contributed by atoms with Crippen LogP contribution in [0.4, 0.5) is 4.39 Å². The minimum absolute atomic E-state index is 0.0815. The van der Waals surface area contributed by atoms with E-state index in [0.29, 0.717) is 18.7 Å². The Hall–Kier alpha value is -1.43. The number of rotatable bonds is 6. The van der Waals surface area contributed by atoms with E-state index in [0.717, 1.165) is 0 Å². The van der Waals surface area contributed by atoms with Gasteiger partial charge >= 0.3 is 5.97 Å². The molecule has 0 rings (SSSR count). The SMILES string of the molecule is COC(=O)C(C)(N)CC/C=C(\F)CN=C(C)N. The number of carbonyl (C=O) groups excluding carboxylic acids is 1. The topological polar surface area (TPSA) is 90.7 Å². The number of esters is 1. The standard InChI is InChI=1S/C11H20FN3O2/c1-8(13)15-7-9(12)5-4-6-11(2,14)10(16)17-3/h5H,4,6-7,14H2,1-3H3,(H2,13,15)/b9-5-. The molecule has 0 spiro atoms. The molecule has 6 heteroatoms. The van der Waals surface area contributed by atoms with Crippen LogP contribution in [0.25, 0.3) is 0 Å². The lowest BCUT2D eigenvalue weighted by atomic mass is 9.97. The maximum absolute atomic E-state index is 13.2. The van der Waals surface area contributed by atoms with Crippen LogP contribution in [-0.2, 0) is 9.53 Å². The quantitative estimate of drug-likeness (QED) is 0.413. The van der Waals surface area contributed by atoms with E-state index in [1.54, 1.807) is 13.8 Å². The molecule has 17 heavy (non-hydrogen) atoms. The lowest BCUT2D eigenvalue weighted by molar-refractivity contribution is -0.146. The largest absolute Gasteiger partial charge is 0.468 e. The van der Waals surface area contributed by atoms with Gasteiger partial charge in [-0.1, -0.05) is 6.08 Å². The van der Waals surface area contributed by atoms with Crippen molar-refractivity contribution in [3.05, 3.63) is 11.9 Å². The highest BCUT2D eigenvalue weighted by Gasteiger charge is 2.28. The molecule has 0 aliphatic heterocycles. The average molecular weight is 245 g/mol. The third-order valence-corrected chi connectivity index (χ3v) is 2.16. The van der Waals surface area contributed by atoms with E-state index in [9.17, 15) is 9.18 Å². The van der Waals surface area contributed by atoms with Crippen molar-refractivity contribution in [2.24, 2.45) is 16.5 Å². The zero-order valence-electron chi connectivity index (χ0n) is 10.5. The summed E-state index contributed by atoms with van der Waals surface area (Å²) in [5.74, 6) is -0.579. The molecule has 98 valence electrons. The normalized spacial score (nSPS) is 16.5. The first-order chi connectivity index (χ1) is 7.79. The van der Waals surface area contributed by atoms with Crippen molar-refractivity contribution < 1.29 is 13.9 Å². The lowest BCUT2D eigenvalue weighted by Gasteiger charge is -2.20. The van der Waals surface area contributed by atoms with Crippen molar-refractivity contribution in [3.8, 4) is 0 Å². The van der Waals surface area contributed by atoms with E-state index < -0.39 is 17.3 Å². The highest BCUT2D eigenvalue weighted by molar-refractivity contribution is 5.79. The first-order valence-corrected chi connectivity index (χ1v) is 5.28. The summed E-state index contributed by atoms with van der Waals surface area (Å²) in [6.45, 7) is 3.05. The van der Waals surface area contributed by atoms with E-state index in [2.05, 4.69) is 9.73 Å². The number of hydrogen-bond acceptors (Lipinski definition) is 4. The minimum Gasteiger partial charge on any atom is -0.468 e. The summed E-state index contributed by atoms with van der Waals surface area (Å²) in [6.07, 6.45) is 1.99. The molecule has 0 bridgehead atoms. The summed E-state index contributed by atoms with van der Waals surface area (Å²) in [5, 5.41) is 0. The second-order valence-electron chi connectivity index (χ2n) is 4.06. The van der Waals surface area contributed by atoms with Crippen LogP contribution in [0, 0.1) is 0 Å². The van der Waals surface area contributed by atoms with Gasteiger partial charge in [0.25, 0.3) is 0 Å². The first kappa shape index (κ1) is 15.6. The van der Waals surface area contributed by atoms with Gasteiger partial charge in [0.05, 0.1) is 19.5 Å². The molecule has 0 aromatic carbocycles. The molecular weight excluding hydrogens is 225 g/mol. The Bertz CT molecular complexity index is 321. The van der Waals surface area contributed by atoms with Crippen molar-refractivity contribution in [3.63, 3.8) is 0 Å². The highest BCUT2D eigenvalue weighted by Crippen LogP contribution is 2.12. The number of aliphatic imine (C=N–C) groups is 1. The Kier molecular flexibility index (Phi) is 6.42. The molecule has 0 heterocycles. The molecule has 0 amide bonds. The monoisotopic (exact) mass is 245 g/mol. The molecule has 0 aromatic heterocycles. The first-order valence-electron chi connectivity index (χ1n) is 5.28. The van der Waals surface area contributed by atoms with Gasteiger partial charge in [-0.25, -0.2) is 4.39 Å². The Balaban J connectivity index is 4.17. The summed E-state index contributed by atoms with van der Waals surface area (Å²) in [6, 6.07) is 0. The predicted molar refractivity (Wildman–Crippen MR) is 65.2 cm³/mol. The molecule has 1 atom stereocenters. The van der Waals surface area contributed by atoms with Gasteiger partial charge in [0.1, 0.15) is 11.4 Å². The van der Waals surface area contributed by atoms with Gasteiger partial charge in [-0.3, -0.25) is 9.79 Å². The van der Waals surface area contributed by atoms with Gasteiger partial charge in [0.2, 0.25) is 0 Å². The Labute approximate surface area is 101 Å². The zero-order valence-corrected chi connectivity index (χ0v) is 10.5. The van der Waals surface area contributed by atoms with E-state index in [-0.39, 0.29) is 6.54 Å². The van der Waals surface area contributed by atoms with Gasteiger partial charge in [-0.05, 0) is 26.7 Å². The van der Waals surface area contributed by atoms with Crippen molar-refractivity contribution in [1.82, 2.24) is 0 Å². The van der Waals surface area contributed by atoms with Crippen molar-refractivity contribution in [2.75, 3.05) is 13.7 Å². The third kappa shape index (κ3) is 6.68. The summed E-state index contributed by atoms with van der Waals surface area (Å²) < 4.78 is 17.7. The molecule has 0 radical (unpaired) electrons. The van der Waals surface area contributed by atoms with Crippen LogP contribution in [0.2, 0.25) is 0 Å². The number of carbonyl (C=O) groups is 1. The summed E-state index contributed by atoms with van der Waals surface area (Å²) >= 11 is 0. The number of nitrogens with zero attached hydrogens (tertiary/aromatic N) is 1. The number of nitrogens with two attached hydrogens (primary N) is 2. The highest BCUT2D eigenvalue weighted by atomic mass is 19.1. The molecule has 0 aromatic rings. The molecule has 1 unspecified atom stereocenters. The summed E-state index contributed by atoms with van der Waals surface area (Å²) in [7, 11) is 1.27. The lowest BCUT2D eigenvalue weighted by Crippen LogP contribution is -2.45. The Morgan fingerprint density at radius 1 is 1.59 bits per heavy atom. The fourth-order valence-corrected chi connectivity index (χ4v) is 1.13. The smallest absolute Gasteiger partial charge is 0.325 e. The second kappa shape index (κ2) is 7.01. The number of hydrogen-bond donors (Lipinski definition) is 2. The van der Waals surface area contributed by atoms with Gasteiger partial charge in [-0.15, -0.1) is 0 Å². The maximum Gasteiger partial charge on any atom is 0.325 e. The van der Waals surface area contributed by atoms with E-state index in [1.807, 2.05) is 0 Å². The summed E-state index contributed by atoms with van der Waals surface area (Å²) in [5.41, 5.74) is 9.88. The van der Waals surface area contributed by atoms with Crippen LogP contribution in [0.5, 0.6) is 0 Å². The summed E-state index contributed by atoms with van der Waals surface area (Å²) in [4.78, 5) is 14.9. The van der Waals surface area contributed by atoms with Crippen LogP contribution < -0.4 is 11.5 Å².